The van der Waals surface area contributed by atoms with E-state index >= 15 is 0 Å². The van der Waals surface area contributed by atoms with Gasteiger partial charge in [-0.15, -0.1) is 0 Å². The van der Waals surface area contributed by atoms with E-state index in [0.717, 1.165) is 74.7 Å². The quantitative estimate of drug-likeness (QED) is 0.167. The lowest BCUT2D eigenvalue weighted by Crippen LogP contribution is -2.34. The Morgan fingerprint density at radius 2 is 0.868 bits per heavy atom. The van der Waals surface area contributed by atoms with Crippen LogP contribution in [0.3, 0.4) is 0 Å². The van der Waals surface area contributed by atoms with E-state index in [9.17, 15) is 0 Å². The average Bonchev–Trinajstić information content (AvgIpc) is 3.21. The molecule has 0 aromatic heterocycles. The van der Waals surface area contributed by atoms with Crippen LogP contribution < -0.4 is 19.3 Å². The van der Waals surface area contributed by atoms with Crippen molar-refractivity contribution in [1.29, 1.82) is 0 Å². The van der Waals surface area contributed by atoms with Crippen molar-refractivity contribution in [2.24, 2.45) is 11.8 Å². The van der Waals surface area contributed by atoms with Crippen LogP contribution in [-0.2, 0) is 6.42 Å². The molecule has 0 amide bonds. The fraction of sp³-hybridized carbons (Fsp3) is 0.102. The Labute approximate surface area is 310 Å². The van der Waals surface area contributed by atoms with Crippen LogP contribution in [0.25, 0.3) is 11.1 Å². The Hall–Kier alpha value is -6.52. The summed E-state index contributed by atoms with van der Waals surface area (Å²) in [6, 6.07) is 51.8. The predicted molar refractivity (Wildman–Crippen MR) is 217 cm³/mol. The highest BCUT2D eigenvalue weighted by molar-refractivity contribution is 5.90. The Kier molecular flexibility index (Phi) is 7.43. The predicted octanol–water partition coefficient (Wildman–Crippen LogP) is 12.8. The molecule has 0 saturated carbocycles. The van der Waals surface area contributed by atoms with Gasteiger partial charge in [0.1, 0.15) is 23.0 Å². The Morgan fingerprint density at radius 3 is 1.32 bits per heavy atom. The maximum Gasteiger partial charge on any atom is 0.136 e. The van der Waals surface area contributed by atoms with E-state index in [1.165, 1.54) is 22.3 Å². The van der Waals surface area contributed by atoms with Gasteiger partial charge in [0.15, 0.2) is 0 Å². The molecule has 6 aromatic rings. The number of hydrogen-bond donors (Lipinski definition) is 0. The summed E-state index contributed by atoms with van der Waals surface area (Å²) in [5, 5.41) is 0. The molecule has 10 rings (SSSR count). The molecule has 0 fully saturated rings. The number of fused-ring (bicyclic) bond motifs is 4. The zero-order chi connectivity index (χ0) is 35.5. The summed E-state index contributed by atoms with van der Waals surface area (Å²) in [5.74, 6) is 3.74. The second kappa shape index (κ2) is 12.6. The second-order valence-corrected chi connectivity index (χ2v) is 14.1. The fourth-order valence-corrected chi connectivity index (χ4v) is 8.29. The molecule has 4 nitrogen and oxygen atoms in total. The van der Waals surface area contributed by atoms with Crippen LogP contribution >= 0.6 is 0 Å². The number of benzene rings is 6. The van der Waals surface area contributed by atoms with Crippen molar-refractivity contribution in [2.75, 3.05) is 9.80 Å². The first-order chi connectivity index (χ1) is 26.1. The molecule has 6 aromatic carbocycles. The van der Waals surface area contributed by atoms with Crippen molar-refractivity contribution in [3.63, 3.8) is 0 Å². The van der Waals surface area contributed by atoms with Crippen LogP contribution in [0.1, 0.15) is 29.2 Å². The zero-order valence-electron chi connectivity index (χ0n) is 29.7. The topological polar surface area (TPSA) is 24.9 Å². The SMILES string of the molecule is CCc1ccc(N(c2ccccc2)c2ccc3c(c2)OC2=CC=C4c5ccc(N(c6ccccc6)c6ccc(C)cc6)cc5OC5=CC=C3C2C54)cc1. The van der Waals surface area contributed by atoms with Crippen molar-refractivity contribution in [3.8, 4) is 11.5 Å². The first kappa shape index (κ1) is 31.2. The number of para-hydroxylation sites is 2. The minimum Gasteiger partial charge on any atom is -0.460 e. The zero-order valence-corrected chi connectivity index (χ0v) is 29.7. The van der Waals surface area contributed by atoms with Crippen molar-refractivity contribution in [1.82, 2.24) is 0 Å². The molecule has 0 radical (unpaired) electrons. The lowest BCUT2D eigenvalue weighted by atomic mass is 9.68. The van der Waals surface area contributed by atoms with E-state index < -0.39 is 0 Å². The standard InChI is InChI=1S/C49H38N2O2/c1-3-33-16-20-37(21-17-33)51(35-12-8-5-9-13-35)39-23-25-41-43-27-28-44-48-42(26-29-45(49(43)48)53-47(41)31-39)40-24-22-38(30-46(40)52-44)50(34-10-6-4-7-11-34)36-18-14-32(2)15-19-36/h4-31,48-49H,3H2,1-2H3. The third-order valence-corrected chi connectivity index (χ3v) is 10.9. The summed E-state index contributed by atoms with van der Waals surface area (Å²) >= 11 is 0. The third-order valence-electron chi connectivity index (χ3n) is 10.9. The van der Waals surface area contributed by atoms with Gasteiger partial charge < -0.3 is 19.3 Å². The summed E-state index contributed by atoms with van der Waals surface area (Å²) < 4.78 is 13.7. The normalized spacial score (nSPS) is 17.3. The largest absolute Gasteiger partial charge is 0.460 e. The van der Waals surface area contributed by atoms with Gasteiger partial charge in [-0.3, -0.25) is 0 Å². The summed E-state index contributed by atoms with van der Waals surface area (Å²) in [6.45, 7) is 4.31. The molecule has 4 aliphatic rings. The Bertz CT molecular complexity index is 2490. The highest BCUT2D eigenvalue weighted by Gasteiger charge is 2.46. The van der Waals surface area contributed by atoms with Crippen molar-refractivity contribution in [3.05, 3.63) is 204 Å². The molecule has 0 bridgehead atoms. The van der Waals surface area contributed by atoms with Crippen LogP contribution in [0.5, 0.6) is 11.5 Å². The van der Waals surface area contributed by atoms with Gasteiger partial charge in [-0.05, 0) is 115 Å². The molecule has 256 valence electrons. The Morgan fingerprint density at radius 1 is 0.453 bits per heavy atom. The van der Waals surface area contributed by atoms with Crippen molar-refractivity contribution >= 4 is 45.3 Å². The molecule has 53 heavy (non-hydrogen) atoms. The lowest BCUT2D eigenvalue weighted by molar-refractivity contribution is 0.286. The minimum atomic E-state index is 0.0429. The van der Waals surface area contributed by atoms with E-state index in [1.54, 1.807) is 0 Å². The lowest BCUT2D eigenvalue weighted by Gasteiger charge is -2.44. The molecule has 2 heterocycles. The van der Waals surface area contributed by atoms with E-state index in [0.29, 0.717) is 0 Å². The highest BCUT2D eigenvalue weighted by atomic mass is 16.5. The van der Waals surface area contributed by atoms with Gasteiger partial charge in [0.2, 0.25) is 0 Å². The molecule has 2 atom stereocenters. The highest BCUT2D eigenvalue weighted by Crippen LogP contribution is 2.58. The van der Waals surface area contributed by atoms with Crippen LogP contribution in [-0.4, -0.2) is 0 Å². The van der Waals surface area contributed by atoms with E-state index in [-0.39, 0.29) is 11.8 Å². The van der Waals surface area contributed by atoms with E-state index in [1.807, 2.05) is 0 Å². The number of allylic oxidation sites excluding steroid dienone is 6. The van der Waals surface area contributed by atoms with Crippen LogP contribution in [0, 0.1) is 18.8 Å². The van der Waals surface area contributed by atoms with E-state index in [4.69, 9.17) is 9.47 Å². The molecule has 0 spiro atoms. The first-order valence-electron chi connectivity index (χ1n) is 18.5. The van der Waals surface area contributed by atoms with Crippen LogP contribution in [0.2, 0.25) is 0 Å². The van der Waals surface area contributed by atoms with Gasteiger partial charge in [0, 0.05) is 57.4 Å². The van der Waals surface area contributed by atoms with Gasteiger partial charge in [-0.2, -0.15) is 0 Å². The summed E-state index contributed by atoms with van der Waals surface area (Å²) in [4.78, 5) is 4.59. The van der Waals surface area contributed by atoms with Crippen LogP contribution in [0.4, 0.5) is 34.1 Å². The molecular formula is C49H38N2O2. The first-order valence-corrected chi connectivity index (χ1v) is 18.5. The molecular weight excluding hydrogens is 649 g/mol. The average molecular weight is 687 g/mol. The number of aryl methyl sites for hydroxylation is 2. The second-order valence-electron chi connectivity index (χ2n) is 14.1. The number of anilines is 6. The van der Waals surface area contributed by atoms with Gasteiger partial charge in [0.25, 0.3) is 0 Å². The molecule has 4 heteroatoms. The van der Waals surface area contributed by atoms with Gasteiger partial charge >= 0.3 is 0 Å². The number of hydrogen-bond acceptors (Lipinski definition) is 4. The van der Waals surface area contributed by atoms with Gasteiger partial charge in [-0.25, -0.2) is 0 Å². The minimum absolute atomic E-state index is 0.0429. The molecule has 2 aliphatic heterocycles. The van der Waals surface area contributed by atoms with Crippen molar-refractivity contribution < 1.29 is 9.47 Å². The van der Waals surface area contributed by atoms with Crippen LogP contribution in [0.15, 0.2) is 181 Å². The molecule has 2 aliphatic carbocycles. The summed E-state index contributed by atoms with van der Waals surface area (Å²) in [5.41, 5.74) is 13.9. The number of nitrogens with zero attached hydrogens (tertiary/aromatic N) is 2. The fourth-order valence-electron chi connectivity index (χ4n) is 8.29. The maximum absolute atomic E-state index is 6.84. The number of ether oxygens (including phenoxy) is 2. The maximum atomic E-state index is 6.84. The smallest absolute Gasteiger partial charge is 0.136 e. The molecule has 0 N–H and O–H groups in total. The van der Waals surface area contributed by atoms with Crippen molar-refractivity contribution in [2.45, 2.75) is 20.3 Å². The van der Waals surface area contributed by atoms with Gasteiger partial charge in [-0.1, -0.05) is 85.3 Å². The summed E-state index contributed by atoms with van der Waals surface area (Å²) in [7, 11) is 0. The molecule has 2 unspecified atom stereocenters. The van der Waals surface area contributed by atoms with E-state index in [2.05, 4.69) is 194 Å². The van der Waals surface area contributed by atoms with Gasteiger partial charge in [0.05, 0.1) is 11.8 Å². The summed E-state index contributed by atoms with van der Waals surface area (Å²) in [6.07, 6.45) is 9.84. The monoisotopic (exact) mass is 686 g/mol. The third kappa shape index (κ3) is 5.29. The molecule has 0 saturated heterocycles. The Balaban J connectivity index is 1.03. The number of rotatable bonds is 7.